The van der Waals surface area contributed by atoms with E-state index in [1.807, 2.05) is 0 Å². The fourth-order valence-corrected chi connectivity index (χ4v) is 1.40. The van der Waals surface area contributed by atoms with Crippen LogP contribution in [0.1, 0.15) is 0 Å². The van der Waals surface area contributed by atoms with Gasteiger partial charge in [-0.3, -0.25) is 5.32 Å². The van der Waals surface area contributed by atoms with E-state index in [2.05, 4.69) is 30.6 Å². The Balaban J connectivity index is 1.70. The van der Waals surface area contributed by atoms with Crippen molar-refractivity contribution < 1.29 is 9.53 Å². The normalized spacial score (nSPS) is 18.0. The van der Waals surface area contributed by atoms with Gasteiger partial charge in [0.25, 0.3) is 0 Å². The number of hydrogen-bond donors (Lipinski definition) is 3. The number of fused-ring (bicyclic) bond motifs is 1. The quantitative estimate of drug-likeness (QED) is 0.641. The second-order valence-corrected chi connectivity index (χ2v) is 3.61. The maximum atomic E-state index is 11.5. The van der Waals surface area contributed by atoms with Gasteiger partial charge in [0.2, 0.25) is 0 Å². The third-order valence-electron chi connectivity index (χ3n) is 2.35. The molecule has 1 aliphatic rings. The Bertz CT molecular complexity index is 549. The molecule has 0 spiro atoms. The first kappa shape index (κ1) is 9.97. The topological polar surface area (TPSA) is 108 Å². The van der Waals surface area contributed by atoms with Gasteiger partial charge in [0.05, 0.1) is 19.0 Å². The number of amides is 2. The molecule has 1 saturated heterocycles. The van der Waals surface area contributed by atoms with Gasteiger partial charge < -0.3 is 15.0 Å². The Morgan fingerprint density at radius 2 is 2.41 bits per heavy atom. The molecule has 0 radical (unpaired) electrons. The number of hydrogen-bond acceptors (Lipinski definition) is 5. The number of carbonyl (C=O) groups is 1. The molecular formula is C9H10N6O2. The zero-order valence-electron chi connectivity index (χ0n) is 8.80. The van der Waals surface area contributed by atoms with Crippen LogP contribution in [-0.2, 0) is 4.74 Å². The van der Waals surface area contributed by atoms with Gasteiger partial charge in [0, 0.05) is 6.54 Å². The third kappa shape index (κ3) is 2.16. The highest BCUT2D eigenvalue weighted by Gasteiger charge is 2.22. The van der Waals surface area contributed by atoms with Gasteiger partial charge in [-0.2, -0.15) is 0 Å². The van der Waals surface area contributed by atoms with E-state index >= 15 is 0 Å². The summed E-state index contributed by atoms with van der Waals surface area (Å²) in [7, 11) is 0. The lowest BCUT2D eigenvalue weighted by Crippen LogP contribution is -2.32. The monoisotopic (exact) mass is 234 g/mol. The van der Waals surface area contributed by atoms with E-state index in [1.165, 1.54) is 12.7 Å². The van der Waals surface area contributed by atoms with Crippen molar-refractivity contribution in [1.82, 2.24) is 25.3 Å². The van der Waals surface area contributed by atoms with Gasteiger partial charge in [-0.1, -0.05) is 0 Å². The Morgan fingerprint density at radius 3 is 3.24 bits per heavy atom. The van der Waals surface area contributed by atoms with Crippen LogP contribution in [0.4, 0.5) is 10.6 Å². The number of H-pyrrole nitrogens is 1. The van der Waals surface area contributed by atoms with Crippen molar-refractivity contribution in [3.8, 4) is 0 Å². The summed E-state index contributed by atoms with van der Waals surface area (Å²) in [5.41, 5.74) is 1.12. The van der Waals surface area contributed by atoms with Crippen LogP contribution in [0, 0.1) is 0 Å². The second-order valence-electron chi connectivity index (χ2n) is 3.61. The number of carbonyl (C=O) groups excluding carboxylic acids is 1. The molecule has 2 amide bonds. The molecule has 1 aliphatic heterocycles. The summed E-state index contributed by atoms with van der Waals surface area (Å²) in [6, 6.07) is -0.324. The van der Waals surface area contributed by atoms with Crippen molar-refractivity contribution in [3.05, 3.63) is 12.7 Å². The van der Waals surface area contributed by atoms with Crippen LogP contribution in [0.5, 0.6) is 0 Å². The molecule has 3 rings (SSSR count). The molecule has 0 aromatic carbocycles. The van der Waals surface area contributed by atoms with Crippen LogP contribution in [0.25, 0.3) is 11.2 Å². The summed E-state index contributed by atoms with van der Waals surface area (Å²) >= 11 is 0. The van der Waals surface area contributed by atoms with E-state index in [1.54, 1.807) is 0 Å². The van der Waals surface area contributed by atoms with Crippen molar-refractivity contribution in [1.29, 1.82) is 0 Å². The summed E-state index contributed by atoms with van der Waals surface area (Å²) in [5, 5.41) is 5.31. The Morgan fingerprint density at radius 1 is 1.53 bits per heavy atom. The van der Waals surface area contributed by atoms with Crippen LogP contribution in [-0.4, -0.2) is 45.2 Å². The maximum absolute atomic E-state index is 11.5. The van der Waals surface area contributed by atoms with Gasteiger partial charge in [0.15, 0.2) is 11.5 Å². The molecule has 8 nitrogen and oxygen atoms in total. The van der Waals surface area contributed by atoms with E-state index in [9.17, 15) is 4.79 Å². The van der Waals surface area contributed by atoms with Crippen molar-refractivity contribution >= 4 is 23.0 Å². The number of ether oxygens (including phenoxy) is 1. The lowest BCUT2D eigenvalue weighted by atomic mass is 10.4. The number of epoxide rings is 1. The Hall–Kier alpha value is -2.22. The number of nitrogens with zero attached hydrogens (tertiary/aromatic N) is 3. The minimum absolute atomic E-state index is 0.151. The molecule has 1 atom stereocenters. The fraction of sp³-hybridized carbons (Fsp3) is 0.333. The average molecular weight is 234 g/mol. The third-order valence-corrected chi connectivity index (χ3v) is 2.35. The lowest BCUT2D eigenvalue weighted by Gasteiger charge is -2.05. The van der Waals surface area contributed by atoms with Crippen LogP contribution in [0.15, 0.2) is 12.7 Å². The SMILES string of the molecule is O=C(NCC1CO1)Nc1ncnc2nc[nH]c12. The van der Waals surface area contributed by atoms with Crippen molar-refractivity contribution in [2.45, 2.75) is 6.10 Å². The predicted molar refractivity (Wildman–Crippen MR) is 58.4 cm³/mol. The van der Waals surface area contributed by atoms with Gasteiger partial charge in [-0.05, 0) is 0 Å². The number of nitrogens with one attached hydrogen (secondary N) is 3. The van der Waals surface area contributed by atoms with Gasteiger partial charge in [-0.15, -0.1) is 0 Å². The van der Waals surface area contributed by atoms with E-state index < -0.39 is 0 Å². The minimum Gasteiger partial charge on any atom is -0.371 e. The van der Waals surface area contributed by atoms with E-state index in [4.69, 9.17) is 4.74 Å². The molecule has 8 heteroatoms. The summed E-state index contributed by atoms with van der Waals surface area (Å²) < 4.78 is 4.98. The molecule has 1 fully saturated rings. The first-order chi connectivity index (χ1) is 8.33. The molecule has 2 aromatic rings. The van der Waals surface area contributed by atoms with E-state index in [0.717, 1.165) is 0 Å². The van der Waals surface area contributed by atoms with Crippen LogP contribution in [0.2, 0.25) is 0 Å². The summed E-state index contributed by atoms with van der Waals surface area (Å²) in [5.74, 6) is 0.404. The van der Waals surface area contributed by atoms with E-state index in [-0.39, 0.29) is 12.1 Å². The van der Waals surface area contributed by atoms with Crippen molar-refractivity contribution in [3.63, 3.8) is 0 Å². The van der Waals surface area contributed by atoms with Gasteiger partial charge in [-0.25, -0.2) is 19.7 Å². The number of aromatic nitrogens is 4. The Labute approximate surface area is 95.8 Å². The highest BCUT2D eigenvalue weighted by Crippen LogP contribution is 2.14. The molecule has 0 saturated carbocycles. The first-order valence-corrected chi connectivity index (χ1v) is 5.13. The highest BCUT2D eigenvalue weighted by atomic mass is 16.6. The summed E-state index contributed by atoms with van der Waals surface area (Å²) in [6.07, 6.45) is 3.00. The molecule has 1 unspecified atom stereocenters. The number of anilines is 1. The molecule has 17 heavy (non-hydrogen) atoms. The summed E-state index contributed by atoms with van der Waals surface area (Å²) in [6.45, 7) is 1.21. The number of imidazole rings is 1. The zero-order valence-corrected chi connectivity index (χ0v) is 8.80. The van der Waals surface area contributed by atoms with Gasteiger partial charge in [0.1, 0.15) is 11.8 Å². The lowest BCUT2D eigenvalue weighted by molar-refractivity contribution is 0.250. The molecule has 0 aliphatic carbocycles. The van der Waals surface area contributed by atoms with Gasteiger partial charge >= 0.3 is 6.03 Å². The number of aromatic amines is 1. The molecule has 2 aromatic heterocycles. The first-order valence-electron chi connectivity index (χ1n) is 5.13. The number of urea groups is 1. The smallest absolute Gasteiger partial charge is 0.320 e. The van der Waals surface area contributed by atoms with Crippen molar-refractivity contribution in [2.75, 3.05) is 18.5 Å². The fourth-order valence-electron chi connectivity index (χ4n) is 1.40. The molecule has 0 bridgehead atoms. The predicted octanol–water partition coefficient (Wildman–Crippen LogP) is -0.127. The Kier molecular flexibility index (Phi) is 2.33. The van der Waals surface area contributed by atoms with Crippen LogP contribution >= 0.6 is 0 Å². The van der Waals surface area contributed by atoms with E-state index in [0.29, 0.717) is 30.1 Å². The van der Waals surface area contributed by atoms with Crippen LogP contribution < -0.4 is 10.6 Å². The van der Waals surface area contributed by atoms with Crippen LogP contribution in [0.3, 0.4) is 0 Å². The largest absolute Gasteiger partial charge is 0.371 e. The van der Waals surface area contributed by atoms with Crippen molar-refractivity contribution in [2.24, 2.45) is 0 Å². The molecule has 3 heterocycles. The molecular weight excluding hydrogens is 224 g/mol. The molecule has 88 valence electrons. The number of rotatable bonds is 3. The maximum Gasteiger partial charge on any atom is 0.320 e. The second kappa shape index (κ2) is 3.98. The highest BCUT2D eigenvalue weighted by molar-refractivity contribution is 5.95. The summed E-state index contributed by atoms with van der Waals surface area (Å²) in [4.78, 5) is 26.3. The zero-order chi connectivity index (χ0) is 11.7. The molecule has 3 N–H and O–H groups in total. The average Bonchev–Trinajstić information content (AvgIpc) is 3.03. The minimum atomic E-state index is -0.324. The standard InChI is InChI=1S/C9H10N6O2/c16-9(10-1-5-2-17-5)15-8-6-7(12-3-11-6)13-4-14-8/h3-5H,1-2H2,(H3,10,11,12,13,14,15,16).